The number of rotatable bonds is 6. The van der Waals surface area contributed by atoms with E-state index in [0.29, 0.717) is 23.1 Å². The second kappa shape index (κ2) is 20.7. The Hall–Kier alpha value is -3.93. The molecule has 2 aliphatic heterocycles. The van der Waals surface area contributed by atoms with Gasteiger partial charge in [-0.1, -0.05) is 61.9 Å². The van der Waals surface area contributed by atoms with Gasteiger partial charge in [0.15, 0.2) is 33.0 Å². The molecular weight excluding hydrogens is 872 g/mol. The Morgan fingerprint density at radius 2 is 1.29 bits per heavy atom. The van der Waals surface area contributed by atoms with Crippen LogP contribution in [-0.4, -0.2) is 52.8 Å². The smallest absolute Gasteiger partial charge is 0.212 e. The summed E-state index contributed by atoms with van der Waals surface area (Å²) in [6.07, 6.45) is 9.38. The number of nitrogens with two attached hydrogens (primary N) is 1. The fraction of sp³-hybridized carbons (Fsp3) is 0.467. The number of hydrogen-bond acceptors (Lipinski definition) is 7. The average Bonchev–Trinajstić information content (AvgIpc) is 3.24. The normalized spacial score (nSPS) is 24.1. The molecule has 3 fully saturated rings. The third-order valence-corrected chi connectivity index (χ3v) is 17.2. The van der Waals surface area contributed by atoms with E-state index in [2.05, 4.69) is 4.72 Å². The molecule has 4 aromatic carbocycles. The van der Waals surface area contributed by atoms with Gasteiger partial charge in [-0.2, -0.15) is 0 Å². The molecule has 10 nitrogen and oxygen atoms in total. The Balaban J connectivity index is 0.000000237. The van der Waals surface area contributed by atoms with E-state index in [-0.39, 0.29) is 88.2 Å². The van der Waals surface area contributed by atoms with Gasteiger partial charge in [0.1, 0.15) is 16.4 Å². The molecule has 2 unspecified atom stereocenters. The highest BCUT2D eigenvalue weighted by Crippen LogP contribution is 2.57. The molecule has 2 heterocycles. The topological polar surface area (TPSA) is 188 Å². The molecule has 340 valence electrons. The van der Waals surface area contributed by atoms with Crippen molar-refractivity contribution in [3.05, 3.63) is 118 Å². The number of ether oxygens (including phenoxy) is 2. The number of benzene rings is 4. The molecule has 0 radical (unpaired) electrons. The summed E-state index contributed by atoms with van der Waals surface area (Å²) in [5.74, 6) is -3.39. The fourth-order valence-electron chi connectivity index (χ4n) is 9.89. The van der Waals surface area contributed by atoms with Crippen LogP contribution in [0.15, 0.2) is 83.8 Å². The number of anilines is 1. The highest BCUT2D eigenvalue weighted by atomic mass is 35.5. The van der Waals surface area contributed by atoms with Crippen LogP contribution in [0.2, 0.25) is 5.02 Å². The zero-order chi connectivity index (χ0) is 42.7. The first kappa shape index (κ1) is 49.1. The maximum atomic E-state index is 15.4. The average molecular weight is 928 g/mol. The quantitative estimate of drug-likeness (QED) is 0.143. The molecule has 9 rings (SSSR count). The van der Waals surface area contributed by atoms with Gasteiger partial charge in [0.25, 0.3) is 0 Å². The van der Waals surface area contributed by atoms with E-state index < -0.39 is 48.0 Å². The molecule has 0 aromatic heterocycles. The monoisotopic (exact) mass is 926 g/mol. The van der Waals surface area contributed by atoms with Crippen LogP contribution in [0.1, 0.15) is 94.1 Å². The number of nitrogen functional groups attached to an aromatic ring is 1. The van der Waals surface area contributed by atoms with Crippen LogP contribution in [0.3, 0.4) is 0 Å². The van der Waals surface area contributed by atoms with Gasteiger partial charge in [-0.05, 0) is 117 Å². The van der Waals surface area contributed by atoms with E-state index in [1.165, 1.54) is 36.8 Å². The first-order chi connectivity index (χ1) is 28.7. The van der Waals surface area contributed by atoms with E-state index in [9.17, 15) is 30.0 Å². The molecule has 3 aliphatic carbocycles. The molecule has 0 saturated heterocycles. The SMILES string of the molecule is Fc1ccc(F)c2c1OCC1CCCCC21.Nc1ccccc1.O.O.O=S(=O)(C[C@@H]1CC[C@@]2(S(=O)(=O)c3ccc(Cl)cc3)c3c(F)ccc(F)c3OC[C@H]2C1)NC1CCCCC1. The van der Waals surface area contributed by atoms with Crippen molar-refractivity contribution in [2.24, 2.45) is 17.8 Å². The van der Waals surface area contributed by atoms with Gasteiger partial charge in [0.2, 0.25) is 10.0 Å². The molecule has 7 N–H and O–H groups in total. The minimum absolute atomic E-state index is 0. The Morgan fingerprint density at radius 1 is 0.694 bits per heavy atom. The third-order valence-electron chi connectivity index (χ3n) is 12.7. The Labute approximate surface area is 366 Å². The number of sulfone groups is 1. The van der Waals surface area contributed by atoms with Crippen LogP contribution in [0, 0.1) is 41.0 Å². The maximum absolute atomic E-state index is 15.4. The first-order valence-electron chi connectivity index (χ1n) is 20.7. The highest BCUT2D eigenvalue weighted by molar-refractivity contribution is 7.92. The summed E-state index contributed by atoms with van der Waals surface area (Å²) in [6.45, 7) is 0.380. The number of hydrogen-bond donors (Lipinski definition) is 2. The van der Waals surface area contributed by atoms with Crippen LogP contribution < -0.4 is 19.9 Å². The summed E-state index contributed by atoms with van der Waals surface area (Å²) in [6, 6.07) is 19.2. The van der Waals surface area contributed by atoms with Gasteiger partial charge in [-0.15, -0.1) is 0 Å². The molecule has 4 aromatic rings. The lowest BCUT2D eigenvalue weighted by Gasteiger charge is -2.49. The largest absolute Gasteiger partial charge is 0.490 e. The number of halogens is 5. The zero-order valence-corrected chi connectivity index (χ0v) is 36.6. The van der Waals surface area contributed by atoms with Crippen molar-refractivity contribution >= 4 is 37.1 Å². The van der Waals surface area contributed by atoms with E-state index in [0.717, 1.165) is 75.3 Å². The predicted molar refractivity (Wildman–Crippen MR) is 231 cm³/mol. The van der Waals surface area contributed by atoms with Crippen molar-refractivity contribution < 1.29 is 54.8 Å². The Kier molecular flexibility index (Phi) is 16.4. The summed E-state index contributed by atoms with van der Waals surface area (Å²) in [4.78, 5) is -0.0524. The molecule has 5 atom stereocenters. The lowest BCUT2D eigenvalue weighted by Crippen LogP contribution is -2.53. The van der Waals surface area contributed by atoms with Gasteiger partial charge in [0.05, 0.1) is 29.4 Å². The lowest BCUT2D eigenvalue weighted by atomic mass is 9.69. The zero-order valence-electron chi connectivity index (χ0n) is 34.2. The second-order valence-electron chi connectivity index (χ2n) is 16.6. The Bertz CT molecular complexity index is 2360. The van der Waals surface area contributed by atoms with Crippen LogP contribution in [0.25, 0.3) is 0 Å². The number of fused-ring (bicyclic) bond motifs is 6. The third kappa shape index (κ3) is 10.4. The van der Waals surface area contributed by atoms with E-state index in [1.807, 2.05) is 30.3 Å². The standard InChI is InChI=1S/C26H30ClF2NO5S2.C13H14F2O.C6H7N.2H2O/c27-19-6-8-21(9-7-19)37(33,34)26-13-12-17(16-36(31,32)30-20-4-2-1-3-5-20)14-18(26)15-35-25-23(29)11-10-22(28)24(25)26;14-10-5-6-11(15)13-12(10)9-4-2-1-3-8(9)7-16-13;7-6-4-2-1-3-5-6;;/h6-11,17-18,20,30H,1-5,12-16H2;5-6,8-9H,1-4,7H2;1-5H,7H2;2*1H2/t17-,18-,26+;;;;/m1..../s1. The molecule has 17 heteroatoms. The van der Waals surface area contributed by atoms with Gasteiger partial charge in [-0.25, -0.2) is 39.1 Å². The first-order valence-corrected chi connectivity index (χ1v) is 24.2. The summed E-state index contributed by atoms with van der Waals surface area (Å²) in [5.41, 5.74) is 6.36. The van der Waals surface area contributed by atoms with Crippen LogP contribution in [0.4, 0.5) is 23.2 Å². The van der Waals surface area contributed by atoms with Crippen LogP contribution in [-0.2, 0) is 24.6 Å². The fourth-order valence-corrected chi connectivity index (χ4v) is 14.1. The second-order valence-corrected chi connectivity index (χ2v) is 21.0. The van der Waals surface area contributed by atoms with Crippen LogP contribution >= 0.6 is 11.6 Å². The van der Waals surface area contributed by atoms with Gasteiger partial charge in [0, 0.05) is 34.2 Å². The lowest BCUT2D eigenvalue weighted by molar-refractivity contribution is 0.103. The van der Waals surface area contributed by atoms with Crippen molar-refractivity contribution in [2.75, 3.05) is 24.7 Å². The van der Waals surface area contributed by atoms with E-state index in [4.69, 9.17) is 26.8 Å². The van der Waals surface area contributed by atoms with Crippen molar-refractivity contribution in [3.8, 4) is 11.5 Å². The summed E-state index contributed by atoms with van der Waals surface area (Å²) >= 11 is 5.97. The maximum Gasteiger partial charge on any atom is 0.212 e. The van der Waals surface area contributed by atoms with Crippen molar-refractivity contribution in [1.82, 2.24) is 4.72 Å². The van der Waals surface area contributed by atoms with Gasteiger partial charge < -0.3 is 26.2 Å². The number of nitrogens with one attached hydrogen (secondary N) is 1. The van der Waals surface area contributed by atoms with Gasteiger partial charge in [-0.3, -0.25) is 0 Å². The van der Waals surface area contributed by atoms with Crippen molar-refractivity contribution in [3.63, 3.8) is 0 Å². The van der Waals surface area contributed by atoms with E-state index >= 15 is 4.39 Å². The molecule has 62 heavy (non-hydrogen) atoms. The van der Waals surface area contributed by atoms with Crippen LogP contribution in [0.5, 0.6) is 11.5 Å². The predicted octanol–water partition coefficient (Wildman–Crippen LogP) is 8.60. The summed E-state index contributed by atoms with van der Waals surface area (Å²) < 4.78 is 124. The van der Waals surface area contributed by atoms with Crippen molar-refractivity contribution in [2.45, 2.75) is 98.7 Å². The minimum Gasteiger partial charge on any atom is -0.490 e. The van der Waals surface area contributed by atoms with Gasteiger partial charge >= 0.3 is 0 Å². The summed E-state index contributed by atoms with van der Waals surface area (Å²) in [7, 11) is -7.85. The minimum atomic E-state index is -4.25. The molecular formula is C45H55ClF4N2O8S2. The number of sulfonamides is 1. The Morgan fingerprint density at radius 3 is 1.95 bits per heavy atom. The summed E-state index contributed by atoms with van der Waals surface area (Å²) in [5, 5.41) is 0.344. The number of para-hydroxylation sites is 1. The molecule has 3 saturated carbocycles. The molecule has 0 bridgehead atoms. The van der Waals surface area contributed by atoms with Crippen molar-refractivity contribution in [1.29, 1.82) is 0 Å². The highest BCUT2D eigenvalue weighted by Gasteiger charge is 2.60. The molecule has 0 amide bonds. The van der Waals surface area contributed by atoms with E-state index in [1.54, 1.807) is 0 Å². The molecule has 5 aliphatic rings. The molecule has 0 spiro atoms.